The number of non-ortho nitro benzene ring substituents is 1. The number of amides is 1. The van der Waals surface area contributed by atoms with Gasteiger partial charge in [-0.25, -0.2) is 0 Å². The molecule has 0 fully saturated rings. The lowest BCUT2D eigenvalue weighted by Crippen LogP contribution is -2.14. The monoisotopic (exact) mass is 346 g/mol. The third kappa shape index (κ3) is 2.67. The highest BCUT2D eigenvalue weighted by atomic mass is 79.9. The highest BCUT2D eigenvalue weighted by Gasteiger charge is 2.30. The maximum absolute atomic E-state index is 12.1. The number of hydrogen-bond acceptors (Lipinski definition) is 3. The number of rotatable bonds is 3. The smallest absolute Gasteiger partial charge is 0.269 e. The van der Waals surface area contributed by atoms with E-state index >= 15 is 0 Å². The lowest BCUT2D eigenvalue weighted by atomic mass is 9.93. The molecule has 1 heterocycles. The van der Waals surface area contributed by atoms with Crippen molar-refractivity contribution in [3.8, 4) is 0 Å². The van der Waals surface area contributed by atoms with Crippen molar-refractivity contribution in [1.82, 2.24) is 0 Å². The Morgan fingerprint density at radius 1 is 1.19 bits per heavy atom. The molecular weight excluding hydrogens is 336 g/mol. The first-order chi connectivity index (χ1) is 10.0. The van der Waals surface area contributed by atoms with Gasteiger partial charge < -0.3 is 5.32 Å². The fraction of sp³-hybridized carbons (Fsp3) is 0.133. The first-order valence-corrected chi connectivity index (χ1v) is 7.17. The highest BCUT2D eigenvalue weighted by molar-refractivity contribution is 9.10. The molecule has 1 atom stereocenters. The topological polar surface area (TPSA) is 72.2 Å². The molecule has 3 rings (SSSR count). The van der Waals surface area contributed by atoms with Crippen LogP contribution in [0, 0.1) is 10.1 Å². The molecule has 2 aromatic rings. The molecule has 1 N–H and O–H groups in total. The highest BCUT2D eigenvalue weighted by Crippen LogP contribution is 2.36. The summed E-state index contributed by atoms with van der Waals surface area (Å²) in [7, 11) is 0. The number of nitrogens with zero attached hydrogens (tertiary/aromatic N) is 1. The van der Waals surface area contributed by atoms with Crippen LogP contribution in [0.15, 0.2) is 46.9 Å². The molecule has 0 bridgehead atoms. The Bertz CT molecular complexity index is 728. The van der Waals surface area contributed by atoms with E-state index in [1.54, 1.807) is 12.1 Å². The minimum atomic E-state index is -0.432. The zero-order chi connectivity index (χ0) is 15.0. The number of fused-ring (bicyclic) bond motifs is 1. The van der Waals surface area contributed by atoms with Crippen LogP contribution in [0.4, 0.5) is 11.4 Å². The Kier molecular flexibility index (Phi) is 3.47. The third-order valence-electron chi connectivity index (χ3n) is 3.55. The molecule has 0 aliphatic carbocycles. The van der Waals surface area contributed by atoms with Crippen molar-refractivity contribution in [2.45, 2.75) is 12.3 Å². The predicted octanol–water partition coefficient (Wildman–Crippen LogP) is 3.64. The quantitative estimate of drug-likeness (QED) is 0.681. The summed E-state index contributed by atoms with van der Waals surface area (Å²) in [5.74, 6) is -0.305. The minimum absolute atomic E-state index is 0.0403. The van der Waals surface area contributed by atoms with Crippen LogP contribution in [0.3, 0.4) is 0 Å². The maximum atomic E-state index is 12.1. The molecule has 106 valence electrons. The van der Waals surface area contributed by atoms with E-state index in [2.05, 4.69) is 21.2 Å². The van der Waals surface area contributed by atoms with Gasteiger partial charge in [0.15, 0.2) is 0 Å². The zero-order valence-corrected chi connectivity index (χ0v) is 12.5. The van der Waals surface area contributed by atoms with Crippen LogP contribution in [0.1, 0.15) is 17.0 Å². The van der Waals surface area contributed by atoms with Gasteiger partial charge in [-0.3, -0.25) is 14.9 Å². The first kappa shape index (κ1) is 13.8. The Morgan fingerprint density at radius 3 is 2.57 bits per heavy atom. The van der Waals surface area contributed by atoms with Crippen LogP contribution in [0.25, 0.3) is 0 Å². The van der Waals surface area contributed by atoms with Gasteiger partial charge in [0.25, 0.3) is 5.69 Å². The van der Waals surface area contributed by atoms with Gasteiger partial charge in [0, 0.05) is 22.3 Å². The Labute approximate surface area is 129 Å². The van der Waals surface area contributed by atoms with Gasteiger partial charge in [-0.1, -0.05) is 28.1 Å². The summed E-state index contributed by atoms with van der Waals surface area (Å²) < 4.78 is 0.923. The molecule has 0 saturated carbocycles. The van der Waals surface area contributed by atoms with Crippen molar-refractivity contribution in [2.24, 2.45) is 0 Å². The van der Waals surface area contributed by atoms with Gasteiger partial charge in [-0.2, -0.15) is 0 Å². The van der Waals surface area contributed by atoms with Crippen LogP contribution < -0.4 is 5.32 Å². The summed E-state index contributed by atoms with van der Waals surface area (Å²) in [4.78, 5) is 22.3. The molecule has 6 heteroatoms. The van der Waals surface area contributed by atoms with Crippen LogP contribution in [-0.4, -0.2) is 10.8 Å². The number of nitrogens with one attached hydrogen (secondary N) is 1. The molecular formula is C15H11BrN2O3. The lowest BCUT2D eigenvalue weighted by Gasteiger charge is -2.09. The molecule has 1 aliphatic heterocycles. The molecule has 1 unspecified atom stereocenters. The van der Waals surface area contributed by atoms with Crippen LogP contribution in [-0.2, 0) is 11.2 Å². The second-order valence-corrected chi connectivity index (χ2v) is 5.82. The summed E-state index contributed by atoms with van der Waals surface area (Å²) in [5.41, 5.74) is 2.73. The maximum Gasteiger partial charge on any atom is 0.269 e. The fourth-order valence-electron chi connectivity index (χ4n) is 2.49. The molecule has 0 spiro atoms. The summed E-state index contributed by atoms with van der Waals surface area (Å²) in [6, 6.07) is 12.0. The molecule has 5 nitrogen and oxygen atoms in total. The SMILES string of the molecule is O=C1Nc2ccc(Br)cc2C1Cc1ccc([N+](=O)[O-])cc1. The van der Waals surface area contributed by atoms with E-state index in [9.17, 15) is 14.9 Å². The molecule has 1 aliphatic rings. The van der Waals surface area contributed by atoms with Crippen molar-refractivity contribution < 1.29 is 9.72 Å². The zero-order valence-electron chi connectivity index (χ0n) is 10.9. The molecule has 0 aromatic heterocycles. The minimum Gasteiger partial charge on any atom is -0.325 e. The second-order valence-electron chi connectivity index (χ2n) is 4.90. The summed E-state index contributed by atoms with van der Waals surface area (Å²) in [5, 5.41) is 13.5. The number of halogens is 1. The van der Waals surface area contributed by atoms with Crippen molar-refractivity contribution in [3.05, 3.63) is 68.2 Å². The van der Waals surface area contributed by atoms with E-state index in [-0.39, 0.29) is 17.5 Å². The van der Waals surface area contributed by atoms with Gasteiger partial charge in [0.2, 0.25) is 5.91 Å². The summed E-state index contributed by atoms with van der Waals surface area (Å²) in [6.45, 7) is 0. The number of anilines is 1. The van der Waals surface area contributed by atoms with Crippen LogP contribution in [0.5, 0.6) is 0 Å². The van der Waals surface area contributed by atoms with Crippen LogP contribution in [0.2, 0.25) is 0 Å². The number of nitro benzene ring substituents is 1. The Hall–Kier alpha value is -2.21. The fourth-order valence-corrected chi connectivity index (χ4v) is 2.87. The summed E-state index contributed by atoms with van der Waals surface area (Å²) in [6.07, 6.45) is 0.521. The number of carbonyl (C=O) groups is 1. The lowest BCUT2D eigenvalue weighted by molar-refractivity contribution is -0.384. The number of hydrogen-bond donors (Lipinski definition) is 1. The Balaban J connectivity index is 1.87. The molecule has 0 saturated heterocycles. The van der Waals surface area contributed by atoms with Crippen molar-refractivity contribution in [2.75, 3.05) is 5.32 Å². The second kappa shape index (κ2) is 5.29. The molecule has 21 heavy (non-hydrogen) atoms. The van der Waals surface area contributed by atoms with Crippen molar-refractivity contribution in [1.29, 1.82) is 0 Å². The Morgan fingerprint density at radius 2 is 1.90 bits per heavy atom. The number of carbonyl (C=O) groups excluding carboxylic acids is 1. The van der Waals surface area contributed by atoms with Crippen LogP contribution >= 0.6 is 15.9 Å². The van der Waals surface area contributed by atoms with Gasteiger partial charge in [-0.05, 0) is 35.7 Å². The molecule has 2 aromatic carbocycles. The average molecular weight is 347 g/mol. The normalized spacial score (nSPS) is 16.4. The standard InChI is InChI=1S/C15H11BrN2O3/c16-10-3-6-14-12(8-10)13(15(19)17-14)7-9-1-4-11(5-2-9)18(20)21/h1-6,8,13H,7H2,(H,17,19). The number of benzene rings is 2. The van der Waals surface area contributed by atoms with Gasteiger partial charge in [0.05, 0.1) is 10.8 Å². The average Bonchev–Trinajstić information content (AvgIpc) is 2.76. The van der Waals surface area contributed by atoms with E-state index in [4.69, 9.17) is 0 Å². The van der Waals surface area contributed by atoms with E-state index in [1.165, 1.54) is 12.1 Å². The summed E-state index contributed by atoms with van der Waals surface area (Å²) >= 11 is 3.41. The van der Waals surface area contributed by atoms with E-state index in [0.29, 0.717) is 6.42 Å². The van der Waals surface area contributed by atoms with E-state index in [1.807, 2.05) is 18.2 Å². The first-order valence-electron chi connectivity index (χ1n) is 6.38. The number of nitro groups is 1. The van der Waals surface area contributed by atoms with Gasteiger partial charge in [-0.15, -0.1) is 0 Å². The van der Waals surface area contributed by atoms with Gasteiger partial charge >= 0.3 is 0 Å². The van der Waals surface area contributed by atoms with E-state index in [0.717, 1.165) is 21.3 Å². The van der Waals surface area contributed by atoms with Gasteiger partial charge in [0.1, 0.15) is 0 Å². The van der Waals surface area contributed by atoms with Crippen molar-refractivity contribution >= 4 is 33.2 Å². The van der Waals surface area contributed by atoms with E-state index < -0.39 is 4.92 Å². The largest absolute Gasteiger partial charge is 0.325 e. The van der Waals surface area contributed by atoms with Crippen molar-refractivity contribution in [3.63, 3.8) is 0 Å². The third-order valence-corrected chi connectivity index (χ3v) is 4.04. The predicted molar refractivity (Wildman–Crippen MR) is 82.3 cm³/mol. The molecule has 0 radical (unpaired) electrons. The molecule has 1 amide bonds.